The zero-order valence-electron chi connectivity index (χ0n) is 9.97. The number of ether oxygens (including phenoxy) is 1. The highest BCUT2D eigenvalue weighted by atomic mass is 16.5. The topological polar surface area (TPSA) is 47.0 Å². The standard InChI is InChI=1S/C13H15N3O/c1-3-17-11-6-4-10(5-7-11)12-8-9-13(14-2)16-15-12/h4-9H,3H2,1-2H3,(H,14,16). The number of rotatable bonds is 4. The van der Waals surface area contributed by atoms with Gasteiger partial charge in [-0.2, -0.15) is 0 Å². The van der Waals surface area contributed by atoms with Crippen LogP contribution in [0.4, 0.5) is 5.82 Å². The van der Waals surface area contributed by atoms with Gasteiger partial charge in [-0.25, -0.2) is 0 Å². The van der Waals surface area contributed by atoms with Crippen molar-refractivity contribution in [1.82, 2.24) is 10.2 Å². The van der Waals surface area contributed by atoms with Crippen LogP contribution in [0.25, 0.3) is 11.3 Å². The average molecular weight is 229 g/mol. The van der Waals surface area contributed by atoms with Gasteiger partial charge in [-0.15, -0.1) is 10.2 Å². The molecule has 1 aromatic carbocycles. The Kier molecular flexibility index (Phi) is 3.55. The summed E-state index contributed by atoms with van der Waals surface area (Å²) in [5.41, 5.74) is 1.88. The third-order valence-corrected chi connectivity index (χ3v) is 2.38. The summed E-state index contributed by atoms with van der Waals surface area (Å²) in [5.74, 6) is 1.63. The number of benzene rings is 1. The first-order valence-corrected chi connectivity index (χ1v) is 5.58. The zero-order valence-corrected chi connectivity index (χ0v) is 9.97. The van der Waals surface area contributed by atoms with E-state index in [0.717, 1.165) is 22.8 Å². The van der Waals surface area contributed by atoms with Gasteiger partial charge in [0.25, 0.3) is 0 Å². The molecule has 2 aromatic rings. The van der Waals surface area contributed by atoms with E-state index < -0.39 is 0 Å². The van der Waals surface area contributed by atoms with Crippen molar-refractivity contribution >= 4 is 5.82 Å². The molecule has 0 atom stereocenters. The maximum atomic E-state index is 5.39. The molecule has 17 heavy (non-hydrogen) atoms. The number of anilines is 1. The van der Waals surface area contributed by atoms with Gasteiger partial charge in [0, 0.05) is 12.6 Å². The minimum atomic E-state index is 0.677. The molecule has 0 unspecified atom stereocenters. The van der Waals surface area contributed by atoms with Crippen molar-refractivity contribution in [3.8, 4) is 17.0 Å². The van der Waals surface area contributed by atoms with Gasteiger partial charge in [0.1, 0.15) is 11.6 Å². The molecule has 2 rings (SSSR count). The molecule has 0 fully saturated rings. The molecule has 0 bridgehead atoms. The molecule has 0 aliphatic heterocycles. The number of hydrogen-bond acceptors (Lipinski definition) is 4. The van der Waals surface area contributed by atoms with Crippen molar-refractivity contribution in [3.63, 3.8) is 0 Å². The smallest absolute Gasteiger partial charge is 0.148 e. The molecule has 0 spiro atoms. The van der Waals surface area contributed by atoms with Gasteiger partial charge in [0.2, 0.25) is 0 Å². The maximum absolute atomic E-state index is 5.39. The fourth-order valence-corrected chi connectivity index (χ4v) is 1.51. The number of hydrogen-bond donors (Lipinski definition) is 1. The van der Waals surface area contributed by atoms with E-state index >= 15 is 0 Å². The summed E-state index contributed by atoms with van der Waals surface area (Å²) in [6.07, 6.45) is 0. The van der Waals surface area contributed by atoms with Crippen molar-refractivity contribution in [1.29, 1.82) is 0 Å². The van der Waals surface area contributed by atoms with Gasteiger partial charge in [-0.1, -0.05) is 0 Å². The third-order valence-electron chi connectivity index (χ3n) is 2.38. The molecule has 0 saturated heterocycles. The monoisotopic (exact) mass is 229 g/mol. The van der Waals surface area contributed by atoms with Crippen LogP contribution >= 0.6 is 0 Å². The zero-order chi connectivity index (χ0) is 12.1. The Morgan fingerprint density at radius 3 is 2.35 bits per heavy atom. The Labute approximate surface area is 101 Å². The first-order chi connectivity index (χ1) is 8.33. The van der Waals surface area contributed by atoms with E-state index in [9.17, 15) is 0 Å². The van der Waals surface area contributed by atoms with Gasteiger partial charge >= 0.3 is 0 Å². The normalized spacial score (nSPS) is 10.0. The second-order valence-corrected chi connectivity index (χ2v) is 3.51. The van der Waals surface area contributed by atoms with Crippen molar-refractivity contribution in [2.75, 3.05) is 19.0 Å². The lowest BCUT2D eigenvalue weighted by Gasteiger charge is -2.04. The highest BCUT2D eigenvalue weighted by Gasteiger charge is 2.00. The molecule has 0 aliphatic rings. The molecule has 0 aliphatic carbocycles. The van der Waals surface area contributed by atoms with Crippen LogP contribution in [0, 0.1) is 0 Å². The molecule has 0 amide bonds. The Morgan fingerprint density at radius 1 is 1.06 bits per heavy atom. The lowest BCUT2D eigenvalue weighted by atomic mass is 10.1. The molecule has 4 heteroatoms. The predicted molar refractivity (Wildman–Crippen MR) is 68.2 cm³/mol. The Balaban J connectivity index is 2.20. The minimum absolute atomic E-state index is 0.677. The van der Waals surface area contributed by atoms with Gasteiger partial charge in [-0.05, 0) is 43.3 Å². The first kappa shape index (κ1) is 11.4. The summed E-state index contributed by atoms with van der Waals surface area (Å²) >= 11 is 0. The molecule has 0 radical (unpaired) electrons. The number of nitrogens with zero attached hydrogens (tertiary/aromatic N) is 2. The van der Waals surface area contributed by atoms with Gasteiger partial charge in [0.05, 0.1) is 12.3 Å². The van der Waals surface area contributed by atoms with Gasteiger partial charge in [0.15, 0.2) is 0 Å². The van der Waals surface area contributed by atoms with Crippen LogP contribution < -0.4 is 10.1 Å². The predicted octanol–water partition coefficient (Wildman–Crippen LogP) is 2.58. The molecule has 0 saturated carbocycles. The van der Waals surface area contributed by atoms with Crippen LogP contribution in [-0.4, -0.2) is 23.9 Å². The molecule has 1 aromatic heterocycles. The van der Waals surface area contributed by atoms with Gasteiger partial charge < -0.3 is 10.1 Å². The fraction of sp³-hybridized carbons (Fsp3) is 0.231. The third kappa shape index (κ3) is 2.72. The fourth-order valence-electron chi connectivity index (χ4n) is 1.51. The summed E-state index contributed by atoms with van der Waals surface area (Å²) < 4.78 is 5.39. The summed E-state index contributed by atoms with van der Waals surface area (Å²) in [5, 5.41) is 11.1. The quantitative estimate of drug-likeness (QED) is 0.875. The Morgan fingerprint density at radius 2 is 1.82 bits per heavy atom. The molecule has 1 N–H and O–H groups in total. The second kappa shape index (κ2) is 5.30. The highest BCUT2D eigenvalue weighted by molar-refractivity contribution is 5.60. The van der Waals surface area contributed by atoms with Crippen molar-refractivity contribution in [2.24, 2.45) is 0 Å². The van der Waals surface area contributed by atoms with Crippen LogP contribution in [-0.2, 0) is 0 Å². The maximum Gasteiger partial charge on any atom is 0.148 e. The van der Waals surface area contributed by atoms with Crippen LogP contribution in [0.1, 0.15) is 6.92 Å². The molecular weight excluding hydrogens is 214 g/mol. The Bertz CT molecular complexity index is 465. The summed E-state index contributed by atoms with van der Waals surface area (Å²) in [6.45, 7) is 2.64. The second-order valence-electron chi connectivity index (χ2n) is 3.51. The number of nitrogens with one attached hydrogen (secondary N) is 1. The lowest BCUT2D eigenvalue weighted by Crippen LogP contribution is -1.95. The van der Waals surface area contributed by atoms with E-state index in [1.54, 1.807) is 0 Å². The first-order valence-electron chi connectivity index (χ1n) is 5.58. The van der Waals surface area contributed by atoms with Crippen molar-refractivity contribution < 1.29 is 4.74 Å². The van der Waals surface area contributed by atoms with Crippen LogP contribution in [0.2, 0.25) is 0 Å². The van der Waals surface area contributed by atoms with E-state index in [4.69, 9.17) is 4.74 Å². The summed E-state index contributed by atoms with van der Waals surface area (Å²) in [6, 6.07) is 11.7. The largest absolute Gasteiger partial charge is 0.494 e. The number of aromatic nitrogens is 2. The van der Waals surface area contributed by atoms with Crippen molar-refractivity contribution in [2.45, 2.75) is 6.92 Å². The van der Waals surface area contributed by atoms with Gasteiger partial charge in [-0.3, -0.25) is 0 Å². The van der Waals surface area contributed by atoms with Crippen molar-refractivity contribution in [3.05, 3.63) is 36.4 Å². The van der Waals surface area contributed by atoms with E-state index in [-0.39, 0.29) is 0 Å². The van der Waals surface area contributed by atoms with E-state index in [2.05, 4.69) is 15.5 Å². The van der Waals surface area contributed by atoms with Crippen LogP contribution in [0.5, 0.6) is 5.75 Å². The highest BCUT2D eigenvalue weighted by Crippen LogP contribution is 2.20. The SMILES string of the molecule is CCOc1ccc(-c2ccc(NC)nn2)cc1. The Hall–Kier alpha value is -2.10. The molecule has 4 nitrogen and oxygen atoms in total. The molecular formula is C13H15N3O. The summed E-state index contributed by atoms with van der Waals surface area (Å²) in [7, 11) is 1.82. The van der Waals surface area contributed by atoms with E-state index in [1.165, 1.54) is 0 Å². The lowest BCUT2D eigenvalue weighted by molar-refractivity contribution is 0.340. The van der Waals surface area contributed by atoms with E-state index in [1.807, 2.05) is 50.4 Å². The molecule has 1 heterocycles. The van der Waals surface area contributed by atoms with E-state index in [0.29, 0.717) is 6.61 Å². The van der Waals surface area contributed by atoms with Crippen LogP contribution in [0.15, 0.2) is 36.4 Å². The van der Waals surface area contributed by atoms with Crippen LogP contribution in [0.3, 0.4) is 0 Å². The molecule has 88 valence electrons. The average Bonchev–Trinajstić information content (AvgIpc) is 2.40. The summed E-state index contributed by atoms with van der Waals surface area (Å²) in [4.78, 5) is 0. The minimum Gasteiger partial charge on any atom is -0.494 e.